The molecule has 14 nitrogen and oxygen atoms in total. The zero-order valence-corrected chi connectivity index (χ0v) is 21.8. The maximum atomic E-state index is 15.7. The molecule has 1 saturated carbocycles. The zero-order valence-electron chi connectivity index (χ0n) is 20.9. The van der Waals surface area contributed by atoms with Crippen molar-refractivity contribution < 1.29 is 42.4 Å². The van der Waals surface area contributed by atoms with Crippen LogP contribution in [0.5, 0.6) is 0 Å². The van der Waals surface area contributed by atoms with Crippen LogP contribution in [0.15, 0.2) is 17.1 Å². The van der Waals surface area contributed by atoms with E-state index in [1.54, 1.807) is 13.8 Å². The number of nitrogens with zero attached hydrogens (tertiary/aromatic N) is 2. The van der Waals surface area contributed by atoms with Gasteiger partial charge in [-0.1, -0.05) is 5.92 Å². The highest BCUT2D eigenvalue weighted by molar-refractivity contribution is 7.54. The van der Waals surface area contributed by atoms with Gasteiger partial charge in [-0.2, -0.15) is 4.98 Å². The van der Waals surface area contributed by atoms with E-state index in [-0.39, 0.29) is 19.3 Å². The van der Waals surface area contributed by atoms with Crippen molar-refractivity contribution in [2.45, 2.75) is 56.8 Å². The van der Waals surface area contributed by atoms with Gasteiger partial charge < -0.3 is 29.2 Å². The molecule has 0 amide bonds. The van der Waals surface area contributed by atoms with Crippen LogP contribution in [0.3, 0.4) is 0 Å². The number of nitrogens with one attached hydrogen (secondary N) is 3. The molecule has 1 aliphatic carbocycles. The molecule has 0 bridgehead atoms. The van der Waals surface area contributed by atoms with Gasteiger partial charge in [0.2, 0.25) is 5.67 Å². The maximum absolute atomic E-state index is 15.7. The number of ether oxygens (including phenoxy) is 3. The van der Waals surface area contributed by atoms with Gasteiger partial charge in [0.15, 0.2) is 6.23 Å². The summed E-state index contributed by atoms with van der Waals surface area (Å²) in [5, 5.41) is 18.3. The van der Waals surface area contributed by atoms with Crippen molar-refractivity contribution in [3.8, 4) is 12.3 Å². The summed E-state index contributed by atoms with van der Waals surface area (Å²) in [4.78, 5) is 39.9. The molecule has 1 aromatic rings. The molecule has 38 heavy (non-hydrogen) atoms. The lowest BCUT2D eigenvalue weighted by molar-refractivity contribution is -0.142. The van der Waals surface area contributed by atoms with Gasteiger partial charge in [0.1, 0.15) is 31.1 Å². The fraction of sp³-hybridized carbons (Fsp3) is 0.636. The van der Waals surface area contributed by atoms with Crippen LogP contribution in [0, 0.1) is 12.3 Å². The van der Waals surface area contributed by atoms with Crippen molar-refractivity contribution in [1.82, 2.24) is 19.7 Å². The van der Waals surface area contributed by atoms with E-state index in [0.29, 0.717) is 5.82 Å². The summed E-state index contributed by atoms with van der Waals surface area (Å²) in [5.41, 5.74) is -3.74. The Morgan fingerprint density at radius 3 is 2.39 bits per heavy atom. The minimum atomic E-state index is -4.18. The molecule has 3 rings (SSSR count). The van der Waals surface area contributed by atoms with E-state index in [0.717, 1.165) is 17.4 Å². The van der Waals surface area contributed by atoms with Gasteiger partial charge in [-0.05, 0) is 32.8 Å². The van der Waals surface area contributed by atoms with E-state index in [4.69, 9.17) is 25.2 Å². The first kappa shape index (κ1) is 29.7. The van der Waals surface area contributed by atoms with Crippen LogP contribution >= 0.6 is 7.67 Å². The number of hydrogen-bond donors (Lipinski definition) is 4. The highest BCUT2D eigenvalue weighted by Gasteiger charge is 2.58. The lowest BCUT2D eigenvalue weighted by atomic mass is 9.97. The fourth-order valence-corrected chi connectivity index (χ4v) is 4.83. The number of esters is 2. The van der Waals surface area contributed by atoms with Crippen LogP contribution in [0.1, 0.15) is 32.9 Å². The van der Waals surface area contributed by atoms with Gasteiger partial charge in [-0.3, -0.25) is 18.7 Å². The summed E-state index contributed by atoms with van der Waals surface area (Å²) in [6, 6.07) is 1.67. The normalized spacial score (nSPS) is 25.0. The third-order valence-corrected chi connectivity index (χ3v) is 7.23. The Morgan fingerprint density at radius 1 is 1.29 bits per heavy atom. The fourth-order valence-electron chi connectivity index (χ4n) is 3.51. The van der Waals surface area contributed by atoms with Gasteiger partial charge in [0.25, 0.3) is 0 Å². The Bertz CT molecular complexity index is 1130. The summed E-state index contributed by atoms with van der Waals surface area (Å²) in [6.07, 6.45) is 3.22. The number of anilines is 1. The Kier molecular flexibility index (Phi) is 10.00. The molecule has 1 saturated heterocycles. The molecular formula is C22H31FN5O9P. The number of hydrogen-bond acceptors (Lipinski definition) is 11. The molecule has 0 spiro atoms. The van der Waals surface area contributed by atoms with Gasteiger partial charge in [0.05, 0.1) is 19.8 Å². The van der Waals surface area contributed by atoms with Crippen LogP contribution < -0.4 is 21.2 Å². The number of halogens is 1. The van der Waals surface area contributed by atoms with Gasteiger partial charge in [-0.25, -0.2) is 19.4 Å². The molecule has 16 heteroatoms. The van der Waals surface area contributed by atoms with E-state index < -0.39 is 69.1 Å². The SMILES string of the molecule is C#C[C@]1(F)C(O)[C@@H](COP(=O)(NCC(=O)OCC)NCC(=O)OCC)O[C@H]1n1ccc(NC2CC2)nc1=O. The molecule has 0 aromatic carbocycles. The number of alkyl halides is 1. The third kappa shape index (κ3) is 7.37. The number of rotatable bonds is 14. The standard InChI is InChI=1S/C22H31FN5O9P/c1-4-22(23)19(31)15(37-20(22)28-10-9-16(27-21(28)32)26-14-7-8-14)13-36-38(33,24-11-17(29)34-5-2)25-12-18(30)35-6-3/h1,9-10,14-15,19-20,31H,5-8,11-13H2,2-3H3,(H2,24,25,33)(H,26,27,32)/t15-,19?,20-,22+/m1/s1. The van der Waals surface area contributed by atoms with Gasteiger partial charge in [-0.15, -0.1) is 6.42 Å². The monoisotopic (exact) mass is 559 g/mol. The summed E-state index contributed by atoms with van der Waals surface area (Å²) >= 11 is 0. The van der Waals surface area contributed by atoms with Crippen LogP contribution in [0.2, 0.25) is 0 Å². The van der Waals surface area contributed by atoms with Crippen LogP contribution in [0.4, 0.5) is 10.2 Å². The van der Waals surface area contributed by atoms with Crippen molar-refractivity contribution in [3.63, 3.8) is 0 Å². The first-order valence-electron chi connectivity index (χ1n) is 12.0. The predicted molar refractivity (Wildman–Crippen MR) is 131 cm³/mol. The number of carbonyl (C=O) groups is 2. The Morgan fingerprint density at radius 2 is 1.89 bits per heavy atom. The first-order valence-corrected chi connectivity index (χ1v) is 13.6. The molecule has 4 atom stereocenters. The van der Waals surface area contributed by atoms with Gasteiger partial charge >= 0.3 is 25.3 Å². The van der Waals surface area contributed by atoms with Crippen molar-refractivity contribution in [1.29, 1.82) is 0 Å². The number of aromatic nitrogens is 2. The van der Waals surface area contributed by atoms with E-state index in [1.165, 1.54) is 12.3 Å². The maximum Gasteiger partial charge on any atom is 0.351 e. The molecule has 2 aliphatic rings. The molecule has 210 valence electrons. The largest absolute Gasteiger partial charge is 0.465 e. The average Bonchev–Trinajstić information content (AvgIpc) is 3.66. The lowest BCUT2D eigenvalue weighted by Crippen LogP contribution is -2.44. The highest BCUT2D eigenvalue weighted by Crippen LogP contribution is 2.43. The number of aliphatic hydroxyl groups excluding tert-OH is 1. The van der Waals surface area contributed by atoms with E-state index in [9.17, 15) is 24.1 Å². The Hall–Kier alpha value is -2.86. The molecule has 1 unspecified atom stereocenters. The van der Waals surface area contributed by atoms with Crippen molar-refractivity contribution >= 4 is 25.4 Å². The molecule has 1 aromatic heterocycles. The summed E-state index contributed by atoms with van der Waals surface area (Å²) in [7, 11) is -4.18. The molecule has 0 radical (unpaired) electrons. The minimum absolute atomic E-state index is 0.0714. The highest BCUT2D eigenvalue weighted by atomic mass is 31.2. The molecular weight excluding hydrogens is 528 g/mol. The van der Waals surface area contributed by atoms with E-state index >= 15 is 4.39 Å². The number of aliphatic hydroxyl groups is 1. The lowest BCUT2D eigenvalue weighted by Gasteiger charge is -2.24. The minimum Gasteiger partial charge on any atom is -0.465 e. The second-order valence-corrected chi connectivity index (χ2v) is 10.4. The number of carbonyl (C=O) groups excluding carboxylic acids is 2. The molecule has 1 aliphatic heterocycles. The smallest absolute Gasteiger partial charge is 0.351 e. The summed E-state index contributed by atoms with van der Waals surface area (Å²) < 4.78 is 50.2. The van der Waals surface area contributed by atoms with E-state index in [2.05, 4.69) is 20.5 Å². The predicted octanol–water partition coefficient (Wildman–Crippen LogP) is -0.152. The second-order valence-electron chi connectivity index (χ2n) is 8.43. The van der Waals surface area contributed by atoms with Crippen LogP contribution in [0.25, 0.3) is 0 Å². The number of terminal acetylenes is 1. The van der Waals surface area contributed by atoms with Crippen molar-refractivity contribution in [2.24, 2.45) is 0 Å². The Labute approximate surface area is 218 Å². The van der Waals surface area contributed by atoms with E-state index in [1.807, 2.05) is 5.92 Å². The topological polar surface area (TPSA) is 179 Å². The first-order chi connectivity index (χ1) is 18.0. The summed E-state index contributed by atoms with van der Waals surface area (Å²) in [5.74, 6) is 0.627. The van der Waals surface area contributed by atoms with Crippen molar-refractivity contribution in [3.05, 3.63) is 22.7 Å². The zero-order chi connectivity index (χ0) is 27.9. The molecule has 2 fully saturated rings. The molecule has 2 heterocycles. The van der Waals surface area contributed by atoms with Crippen LogP contribution in [-0.2, 0) is 32.9 Å². The molecule has 4 N–H and O–H groups in total. The van der Waals surface area contributed by atoms with Crippen molar-refractivity contribution in [2.75, 3.05) is 38.2 Å². The van der Waals surface area contributed by atoms with Crippen LogP contribution in [-0.4, -0.2) is 83.4 Å². The summed E-state index contributed by atoms with van der Waals surface area (Å²) in [6.45, 7) is 1.47. The average molecular weight is 559 g/mol. The Balaban J connectivity index is 1.73. The van der Waals surface area contributed by atoms with Gasteiger partial charge in [0, 0.05) is 12.2 Å². The third-order valence-electron chi connectivity index (χ3n) is 5.57. The second kappa shape index (κ2) is 12.8. The quantitative estimate of drug-likeness (QED) is 0.134.